The van der Waals surface area contributed by atoms with E-state index in [1.807, 2.05) is 0 Å². The number of rotatable bonds is 6. The first-order valence-corrected chi connectivity index (χ1v) is 10.5. The molecule has 2 rings (SSSR count). The number of halogens is 4. The summed E-state index contributed by atoms with van der Waals surface area (Å²) in [5.74, 6) is -0.977. The second kappa shape index (κ2) is 11.0. The van der Waals surface area contributed by atoms with E-state index in [0.29, 0.717) is 11.3 Å². The van der Waals surface area contributed by atoms with Crippen LogP contribution in [0.15, 0.2) is 48.5 Å². The highest BCUT2D eigenvalue weighted by molar-refractivity contribution is 7.80. The average molecular weight is 509 g/mol. The molecule has 0 saturated carbocycles. The van der Waals surface area contributed by atoms with Crippen molar-refractivity contribution >= 4 is 81.3 Å². The maximum atomic E-state index is 12.5. The molecular weight excluding hydrogens is 492 g/mol. The second-order valence-electron chi connectivity index (χ2n) is 5.82. The van der Waals surface area contributed by atoms with Gasteiger partial charge in [-0.3, -0.25) is 4.79 Å². The molecule has 2 aromatic carbocycles. The highest BCUT2D eigenvalue weighted by atomic mass is 35.6. The number of amides is 1. The maximum Gasteiger partial charge on any atom is 0.338 e. The minimum atomic E-state index is -1.92. The van der Waals surface area contributed by atoms with Crippen molar-refractivity contribution in [3.8, 4) is 0 Å². The Kier molecular flexibility index (Phi) is 9.00. The van der Waals surface area contributed by atoms with E-state index in [2.05, 4.69) is 16.0 Å². The van der Waals surface area contributed by atoms with Crippen molar-refractivity contribution in [1.29, 1.82) is 0 Å². The summed E-state index contributed by atoms with van der Waals surface area (Å²) in [5.41, 5.74) is 1.18. The van der Waals surface area contributed by atoms with Gasteiger partial charge < -0.3 is 20.7 Å². The molecule has 0 aliphatic carbocycles. The third-order valence-electron chi connectivity index (χ3n) is 3.65. The highest BCUT2D eigenvalue weighted by Crippen LogP contribution is 2.29. The fourth-order valence-corrected chi connectivity index (χ4v) is 3.04. The van der Waals surface area contributed by atoms with E-state index in [4.69, 9.17) is 63.4 Å². The molecule has 0 radical (unpaired) electrons. The SMILES string of the molecule is CCOC(=O)c1ccc(NC(=S)N[C@H](NC(=O)c2ccccc2Cl)C(Cl)(Cl)Cl)cc1. The Morgan fingerprint density at radius 2 is 1.70 bits per heavy atom. The predicted molar refractivity (Wildman–Crippen MR) is 125 cm³/mol. The van der Waals surface area contributed by atoms with Crippen LogP contribution in [0.3, 0.4) is 0 Å². The normalized spacial score (nSPS) is 11.9. The van der Waals surface area contributed by atoms with Gasteiger partial charge in [0.05, 0.1) is 22.8 Å². The van der Waals surface area contributed by atoms with Crippen LogP contribution in [0.4, 0.5) is 5.69 Å². The topological polar surface area (TPSA) is 79.5 Å². The minimum Gasteiger partial charge on any atom is -0.462 e. The number of carbonyl (C=O) groups excluding carboxylic acids is 2. The van der Waals surface area contributed by atoms with Gasteiger partial charge in [-0.05, 0) is 55.5 Å². The van der Waals surface area contributed by atoms with E-state index in [-0.39, 0.29) is 22.3 Å². The molecule has 3 N–H and O–H groups in total. The Hall–Kier alpha value is -1.77. The molecule has 1 atom stereocenters. The average Bonchev–Trinajstić information content (AvgIpc) is 2.67. The zero-order valence-electron chi connectivity index (χ0n) is 15.5. The second-order valence-corrected chi connectivity index (χ2v) is 9.01. The molecule has 0 aliphatic rings. The molecule has 1 amide bonds. The van der Waals surface area contributed by atoms with Gasteiger partial charge in [-0.25, -0.2) is 4.79 Å². The summed E-state index contributed by atoms with van der Waals surface area (Å²) in [7, 11) is 0. The summed E-state index contributed by atoms with van der Waals surface area (Å²) in [6, 6.07) is 12.9. The lowest BCUT2D eigenvalue weighted by Crippen LogP contribution is -2.56. The van der Waals surface area contributed by atoms with Crippen molar-refractivity contribution < 1.29 is 14.3 Å². The van der Waals surface area contributed by atoms with Crippen LogP contribution >= 0.6 is 58.6 Å². The number of esters is 1. The molecule has 160 valence electrons. The lowest BCUT2D eigenvalue weighted by molar-refractivity contribution is 0.0526. The molecule has 0 saturated heterocycles. The van der Waals surface area contributed by atoms with Crippen molar-refractivity contribution in [2.24, 2.45) is 0 Å². The zero-order valence-corrected chi connectivity index (χ0v) is 19.4. The Bertz CT molecular complexity index is 920. The molecule has 6 nitrogen and oxygen atoms in total. The lowest BCUT2D eigenvalue weighted by atomic mass is 10.2. The van der Waals surface area contributed by atoms with Gasteiger partial charge in [-0.1, -0.05) is 58.5 Å². The molecule has 0 aromatic heterocycles. The van der Waals surface area contributed by atoms with Crippen LogP contribution in [0, 0.1) is 0 Å². The molecular formula is C19H17Cl4N3O3S. The van der Waals surface area contributed by atoms with Crippen LogP contribution in [-0.4, -0.2) is 33.6 Å². The van der Waals surface area contributed by atoms with Crippen molar-refractivity contribution in [3.63, 3.8) is 0 Å². The molecule has 0 aliphatic heterocycles. The van der Waals surface area contributed by atoms with Crippen LogP contribution < -0.4 is 16.0 Å². The third kappa shape index (κ3) is 7.18. The molecule has 0 unspecified atom stereocenters. The van der Waals surface area contributed by atoms with Crippen LogP contribution in [0.25, 0.3) is 0 Å². The summed E-state index contributed by atoms with van der Waals surface area (Å²) in [6.45, 7) is 2.01. The highest BCUT2D eigenvalue weighted by Gasteiger charge is 2.35. The monoisotopic (exact) mass is 507 g/mol. The first-order valence-electron chi connectivity index (χ1n) is 8.58. The van der Waals surface area contributed by atoms with E-state index >= 15 is 0 Å². The molecule has 30 heavy (non-hydrogen) atoms. The Labute approximate surface area is 199 Å². The minimum absolute atomic E-state index is 0.0784. The third-order valence-corrected chi connectivity index (χ3v) is 4.85. The van der Waals surface area contributed by atoms with Crippen molar-refractivity contribution in [3.05, 3.63) is 64.7 Å². The molecule has 11 heteroatoms. The fourth-order valence-electron chi connectivity index (χ4n) is 2.26. The van der Waals surface area contributed by atoms with Crippen LogP contribution in [0.5, 0.6) is 0 Å². The number of hydrogen-bond donors (Lipinski definition) is 3. The number of nitrogens with one attached hydrogen (secondary N) is 3. The van der Waals surface area contributed by atoms with Crippen molar-refractivity contribution in [1.82, 2.24) is 10.6 Å². The number of alkyl halides is 3. The number of hydrogen-bond acceptors (Lipinski definition) is 4. The van der Waals surface area contributed by atoms with Gasteiger partial charge in [0.25, 0.3) is 5.91 Å². The molecule has 2 aromatic rings. The molecule has 0 fully saturated rings. The number of ether oxygens (including phenoxy) is 1. The first kappa shape index (κ1) is 24.5. The molecule has 0 heterocycles. The smallest absolute Gasteiger partial charge is 0.338 e. The summed E-state index contributed by atoms with van der Waals surface area (Å²) in [5, 5.41) is 8.50. The van der Waals surface area contributed by atoms with Gasteiger partial charge in [-0.2, -0.15) is 0 Å². The summed E-state index contributed by atoms with van der Waals surface area (Å²) in [6.07, 6.45) is -1.16. The Morgan fingerprint density at radius 3 is 2.27 bits per heavy atom. The Balaban J connectivity index is 2.04. The predicted octanol–water partition coefficient (Wildman–Crippen LogP) is 4.93. The van der Waals surface area contributed by atoms with Crippen LogP contribution in [0.1, 0.15) is 27.6 Å². The summed E-state index contributed by atoms with van der Waals surface area (Å²) < 4.78 is 3.01. The quantitative estimate of drug-likeness (QED) is 0.222. The summed E-state index contributed by atoms with van der Waals surface area (Å²) in [4.78, 5) is 24.2. The van der Waals surface area contributed by atoms with E-state index < -0.39 is 21.8 Å². The van der Waals surface area contributed by atoms with Gasteiger partial charge >= 0.3 is 5.97 Å². The number of benzene rings is 2. The number of carbonyl (C=O) groups is 2. The van der Waals surface area contributed by atoms with Gasteiger partial charge in [-0.15, -0.1) is 0 Å². The summed E-state index contributed by atoms with van der Waals surface area (Å²) >= 11 is 29.2. The number of thiocarbonyl (C=S) groups is 1. The van der Waals surface area contributed by atoms with E-state index in [1.165, 1.54) is 6.07 Å². The van der Waals surface area contributed by atoms with E-state index in [0.717, 1.165) is 0 Å². The van der Waals surface area contributed by atoms with Gasteiger partial charge in [0.2, 0.25) is 3.79 Å². The standard InChI is InChI=1S/C19H17Cl4N3O3S/c1-2-29-16(28)11-7-9-12(10-8-11)24-18(30)26-17(19(21,22)23)25-15(27)13-5-3-4-6-14(13)20/h3-10,17H,2H2,1H3,(H,25,27)(H2,24,26,30)/t17-/m0/s1. The lowest BCUT2D eigenvalue weighted by Gasteiger charge is -2.28. The largest absolute Gasteiger partial charge is 0.462 e. The van der Waals surface area contributed by atoms with Gasteiger partial charge in [0.15, 0.2) is 5.11 Å². The number of anilines is 1. The molecule has 0 spiro atoms. The first-order chi connectivity index (χ1) is 14.1. The van der Waals surface area contributed by atoms with E-state index in [9.17, 15) is 9.59 Å². The van der Waals surface area contributed by atoms with Gasteiger partial charge in [0.1, 0.15) is 6.17 Å². The maximum absolute atomic E-state index is 12.5. The van der Waals surface area contributed by atoms with Crippen LogP contribution in [-0.2, 0) is 4.74 Å². The Morgan fingerprint density at radius 1 is 1.07 bits per heavy atom. The van der Waals surface area contributed by atoms with Gasteiger partial charge in [0, 0.05) is 5.69 Å². The van der Waals surface area contributed by atoms with Crippen molar-refractivity contribution in [2.45, 2.75) is 16.9 Å². The zero-order chi connectivity index (χ0) is 22.3. The fraction of sp³-hybridized carbons (Fsp3) is 0.211. The van der Waals surface area contributed by atoms with Crippen molar-refractivity contribution in [2.75, 3.05) is 11.9 Å². The van der Waals surface area contributed by atoms with E-state index in [1.54, 1.807) is 49.4 Å². The molecule has 0 bridgehead atoms. The van der Waals surface area contributed by atoms with Crippen LogP contribution in [0.2, 0.25) is 5.02 Å².